The zero-order valence-corrected chi connectivity index (χ0v) is 17.8. The normalized spacial score (nSPS) is 10.5. The monoisotopic (exact) mass is 438 g/mol. The largest absolute Gasteiger partial charge is 0.490 e. The van der Waals surface area contributed by atoms with Gasteiger partial charge in [-0.2, -0.15) is 0 Å². The number of hydrazone groups is 1. The van der Waals surface area contributed by atoms with Gasteiger partial charge in [0.15, 0.2) is 17.7 Å². The second-order valence-electron chi connectivity index (χ2n) is 5.59. The highest BCUT2D eigenvalue weighted by Gasteiger charge is 2.08. The van der Waals surface area contributed by atoms with E-state index in [1.807, 2.05) is 31.2 Å². The number of hydrogen-bond acceptors (Lipinski definition) is 3. The summed E-state index contributed by atoms with van der Waals surface area (Å²) in [5.74, 6) is 1.28. The summed E-state index contributed by atoms with van der Waals surface area (Å²) in [5.41, 5.74) is 4.67. The molecule has 0 bridgehead atoms. The Morgan fingerprint density at radius 1 is 1.14 bits per heavy atom. The third-order valence-corrected chi connectivity index (χ3v) is 4.46. The minimum absolute atomic E-state index is 0.350. The van der Waals surface area contributed by atoms with Gasteiger partial charge in [0.2, 0.25) is 5.11 Å². The average molecular weight is 439 g/mol. The van der Waals surface area contributed by atoms with Crippen LogP contribution in [0.4, 0.5) is 0 Å². The van der Waals surface area contributed by atoms with E-state index in [0.717, 1.165) is 11.1 Å². The van der Waals surface area contributed by atoms with E-state index < -0.39 is 0 Å². The Bertz CT molecular complexity index is 859. The Kier molecular flexibility index (Phi) is 9.07. The highest BCUT2D eigenvalue weighted by molar-refractivity contribution is 7.80. The van der Waals surface area contributed by atoms with Gasteiger partial charge in [-0.15, -0.1) is 17.1 Å². The molecule has 2 rings (SSSR count). The standard InChI is InChI=1S/C20H21Cl2N3O2S/c1-3-9-23-20(28)25-24-12-14-6-8-18(19(11-14)26-4-2)27-13-15-5-7-16(21)17(22)10-15/h3,5-8,10-12H,1,4,9,13H2,2H3,(H2,23,25,28)/p+1. The fourth-order valence-corrected chi connectivity index (χ4v) is 2.65. The molecule has 0 aliphatic carbocycles. The molecule has 5 nitrogen and oxygen atoms in total. The van der Waals surface area contributed by atoms with Crippen LogP contribution in [0.25, 0.3) is 0 Å². The lowest BCUT2D eigenvalue weighted by molar-refractivity contribution is -0.500. The van der Waals surface area contributed by atoms with Crippen molar-refractivity contribution >= 4 is 46.7 Å². The van der Waals surface area contributed by atoms with Crippen LogP contribution in [0.15, 0.2) is 49.1 Å². The third-order valence-electron chi connectivity index (χ3n) is 3.48. The van der Waals surface area contributed by atoms with E-state index in [-0.39, 0.29) is 0 Å². The Balaban J connectivity index is 2.03. The molecule has 0 spiro atoms. The average Bonchev–Trinajstić information content (AvgIpc) is 2.68. The van der Waals surface area contributed by atoms with Crippen molar-refractivity contribution in [2.45, 2.75) is 13.5 Å². The number of benzene rings is 2. The lowest BCUT2D eigenvalue weighted by atomic mass is 10.2. The van der Waals surface area contributed by atoms with Crippen molar-refractivity contribution in [2.24, 2.45) is 0 Å². The number of hydrogen-bond donors (Lipinski definition) is 3. The van der Waals surface area contributed by atoms with Gasteiger partial charge in [-0.3, -0.25) is 0 Å². The van der Waals surface area contributed by atoms with Crippen LogP contribution in [0.2, 0.25) is 10.0 Å². The molecule has 3 N–H and O–H groups in total. The van der Waals surface area contributed by atoms with E-state index in [1.165, 1.54) is 0 Å². The molecule has 0 saturated carbocycles. The predicted octanol–water partition coefficient (Wildman–Crippen LogP) is 3.04. The van der Waals surface area contributed by atoms with Crippen LogP contribution in [0, 0.1) is 0 Å². The van der Waals surface area contributed by atoms with Gasteiger partial charge >= 0.3 is 0 Å². The summed E-state index contributed by atoms with van der Waals surface area (Å²) < 4.78 is 11.6. The Morgan fingerprint density at radius 2 is 1.96 bits per heavy atom. The lowest BCUT2D eigenvalue weighted by Gasteiger charge is -2.12. The Morgan fingerprint density at radius 3 is 2.68 bits per heavy atom. The van der Waals surface area contributed by atoms with Gasteiger partial charge in [0.1, 0.15) is 6.61 Å². The van der Waals surface area contributed by atoms with Gasteiger partial charge in [0.05, 0.1) is 16.7 Å². The second-order valence-corrected chi connectivity index (χ2v) is 6.81. The first-order chi connectivity index (χ1) is 13.5. The maximum absolute atomic E-state index is 6.05. The summed E-state index contributed by atoms with van der Waals surface area (Å²) >= 11 is 17.1. The molecule has 0 unspecified atom stereocenters. The minimum atomic E-state index is 0.350. The lowest BCUT2D eigenvalue weighted by Crippen LogP contribution is -2.82. The number of ether oxygens (including phenoxy) is 2. The molecule has 2 aromatic rings. The SMILES string of the molecule is C=CCNC(=S)N[NH+]=Cc1ccc(OCc2ccc(Cl)c(Cl)c2)c(OCC)c1. The van der Waals surface area contributed by atoms with Crippen LogP contribution in [0.1, 0.15) is 18.1 Å². The van der Waals surface area contributed by atoms with Gasteiger partial charge in [0.25, 0.3) is 0 Å². The summed E-state index contributed by atoms with van der Waals surface area (Å²) in [4.78, 5) is 0. The van der Waals surface area contributed by atoms with Gasteiger partial charge in [0, 0.05) is 12.1 Å². The molecule has 0 aromatic heterocycles. The van der Waals surface area contributed by atoms with E-state index in [9.17, 15) is 0 Å². The van der Waals surface area contributed by atoms with E-state index in [2.05, 4.69) is 22.4 Å². The molecule has 0 radical (unpaired) electrons. The van der Waals surface area contributed by atoms with Crippen LogP contribution in [-0.2, 0) is 6.61 Å². The first-order valence-electron chi connectivity index (χ1n) is 8.60. The molecule has 0 aliphatic heterocycles. The molecule has 0 amide bonds. The number of rotatable bonds is 9. The maximum Gasteiger partial charge on any atom is 0.224 e. The van der Waals surface area contributed by atoms with Crippen molar-refractivity contribution in [3.05, 3.63) is 70.2 Å². The van der Waals surface area contributed by atoms with Gasteiger partial charge in [-0.05, 0) is 55.0 Å². The molecule has 28 heavy (non-hydrogen) atoms. The third kappa shape index (κ3) is 7.03. The predicted molar refractivity (Wildman–Crippen MR) is 118 cm³/mol. The highest BCUT2D eigenvalue weighted by atomic mass is 35.5. The number of hydrazine groups is 1. The molecule has 0 saturated heterocycles. The summed E-state index contributed by atoms with van der Waals surface area (Å²) in [6.45, 7) is 7.00. The number of nitrogens with one attached hydrogen (secondary N) is 3. The molecular weight excluding hydrogens is 417 g/mol. The van der Waals surface area contributed by atoms with Crippen molar-refractivity contribution in [1.29, 1.82) is 0 Å². The Labute approximate surface area is 180 Å². The number of halogens is 2. The van der Waals surface area contributed by atoms with Crippen molar-refractivity contribution in [3.8, 4) is 11.5 Å². The number of thiocarbonyl (C=S) groups is 1. The smallest absolute Gasteiger partial charge is 0.224 e. The highest BCUT2D eigenvalue weighted by Crippen LogP contribution is 2.29. The molecule has 0 heterocycles. The Hall–Kier alpha value is -2.28. The quantitative estimate of drug-likeness (QED) is 0.243. The van der Waals surface area contributed by atoms with E-state index in [0.29, 0.717) is 46.4 Å². The molecule has 148 valence electrons. The molecule has 8 heteroatoms. The van der Waals surface area contributed by atoms with Gasteiger partial charge < -0.3 is 14.8 Å². The van der Waals surface area contributed by atoms with Crippen LogP contribution < -0.4 is 25.3 Å². The summed E-state index contributed by atoms with van der Waals surface area (Å²) in [7, 11) is 0. The van der Waals surface area contributed by atoms with E-state index in [1.54, 1.807) is 24.4 Å². The van der Waals surface area contributed by atoms with Crippen molar-refractivity contribution in [1.82, 2.24) is 10.7 Å². The van der Waals surface area contributed by atoms with Crippen LogP contribution >= 0.6 is 35.4 Å². The van der Waals surface area contributed by atoms with Gasteiger partial charge in [-0.1, -0.05) is 35.3 Å². The molecule has 0 aliphatic rings. The molecule has 2 aromatic carbocycles. The zero-order chi connectivity index (χ0) is 20.4. The molecule has 0 atom stereocenters. The minimum Gasteiger partial charge on any atom is -0.490 e. The van der Waals surface area contributed by atoms with Crippen molar-refractivity contribution in [3.63, 3.8) is 0 Å². The summed E-state index contributed by atoms with van der Waals surface area (Å²) in [6.07, 6.45) is 3.50. The first kappa shape index (κ1) is 22.0. The second kappa shape index (κ2) is 11.5. The van der Waals surface area contributed by atoms with Gasteiger partial charge in [-0.25, -0.2) is 0 Å². The summed E-state index contributed by atoms with van der Waals surface area (Å²) in [6, 6.07) is 11.0. The molecule has 0 fully saturated rings. The topological polar surface area (TPSA) is 56.5 Å². The zero-order valence-electron chi connectivity index (χ0n) is 15.4. The fraction of sp³-hybridized carbons (Fsp3) is 0.200. The van der Waals surface area contributed by atoms with Crippen LogP contribution in [-0.4, -0.2) is 24.5 Å². The fourth-order valence-electron chi connectivity index (χ4n) is 2.19. The van der Waals surface area contributed by atoms with Crippen molar-refractivity contribution < 1.29 is 14.6 Å². The van der Waals surface area contributed by atoms with Crippen LogP contribution in [0.3, 0.4) is 0 Å². The van der Waals surface area contributed by atoms with Crippen molar-refractivity contribution in [2.75, 3.05) is 13.2 Å². The van der Waals surface area contributed by atoms with Crippen LogP contribution in [0.5, 0.6) is 11.5 Å². The van der Waals surface area contributed by atoms with E-state index in [4.69, 9.17) is 44.9 Å². The van der Waals surface area contributed by atoms with E-state index >= 15 is 0 Å². The summed E-state index contributed by atoms with van der Waals surface area (Å²) in [5, 5.41) is 7.37. The maximum atomic E-state index is 6.05. The molecular formula is C20H22Cl2N3O2S+. The first-order valence-corrected chi connectivity index (χ1v) is 9.77.